The van der Waals surface area contributed by atoms with E-state index in [1.807, 2.05) is 0 Å². The lowest BCUT2D eigenvalue weighted by atomic mass is 10.5. The van der Waals surface area contributed by atoms with Crippen LogP contribution in [0.2, 0.25) is 0 Å². The van der Waals surface area contributed by atoms with Gasteiger partial charge in [0, 0.05) is 27.4 Å². The molecular weight excluding hydrogens is 241 g/mol. The number of ether oxygens (including phenoxy) is 3. The van der Waals surface area contributed by atoms with E-state index in [1.165, 1.54) is 0 Å². The molecule has 1 rings (SSSR count). The Morgan fingerprint density at radius 3 is 1.94 bits per heavy atom. The standard InChI is InChI=1S/C4H8NO.2C3H7O2.Al/c1-3-6-4-2-5-1;2*1-5-3-2-4;/h1-4H2;2*2-3H2,1H3;/q3*-1;+2. The first-order chi connectivity index (χ1) is 8.38. The molecule has 1 heterocycles. The van der Waals surface area contributed by atoms with Crippen molar-refractivity contribution in [3.8, 4) is 0 Å². The third-order valence-corrected chi connectivity index (χ3v) is 4.59. The Morgan fingerprint density at radius 2 is 1.47 bits per heavy atom. The molecule has 1 aliphatic heterocycles. The first-order valence-corrected chi connectivity index (χ1v) is 7.37. The second-order valence-electron chi connectivity index (χ2n) is 3.68. The lowest BCUT2D eigenvalue weighted by Crippen LogP contribution is -2.50. The molecule has 0 aliphatic carbocycles. The predicted octanol–water partition coefficient (Wildman–Crippen LogP) is -0.370. The van der Waals surface area contributed by atoms with Gasteiger partial charge in [-0.05, 0) is 13.1 Å². The van der Waals surface area contributed by atoms with Crippen LogP contribution in [0.25, 0.3) is 0 Å². The van der Waals surface area contributed by atoms with Gasteiger partial charge in [-0.3, -0.25) is 0 Å². The number of rotatable bonds is 9. The van der Waals surface area contributed by atoms with Crippen LogP contribution >= 0.6 is 0 Å². The quantitative estimate of drug-likeness (QED) is 0.418. The third kappa shape index (κ3) is 6.70. The van der Waals surface area contributed by atoms with Gasteiger partial charge < -0.3 is 25.7 Å². The highest BCUT2D eigenvalue weighted by molar-refractivity contribution is 6.41. The molecule has 0 aromatic carbocycles. The summed E-state index contributed by atoms with van der Waals surface area (Å²) >= 11 is -1.78. The van der Waals surface area contributed by atoms with Crippen LogP contribution in [0.15, 0.2) is 0 Å². The van der Waals surface area contributed by atoms with Crippen LogP contribution in [0.4, 0.5) is 0 Å². The largest absolute Gasteiger partial charge is 0.642 e. The average Bonchev–Trinajstić information content (AvgIpc) is 2.38. The average molecular weight is 263 g/mol. The topological polar surface area (TPSA) is 49.4 Å². The molecular formula is C10H22AlNO5-. The van der Waals surface area contributed by atoms with Gasteiger partial charge in [0.15, 0.2) is 0 Å². The van der Waals surface area contributed by atoms with Gasteiger partial charge in [0.1, 0.15) is 0 Å². The van der Waals surface area contributed by atoms with Crippen molar-refractivity contribution in [3.05, 3.63) is 0 Å². The normalized spacial score (nSPS) is 17.8. The molecule has 7 heteroatoms. The summed E-state index contributed by atoms with van der Waals surface area (Å²) in [4.78, 5) is 0. The molecule has 17 heavy (non-hydrogen) atoms. The zero-order chi connectivity index (χ0) is 12.3. The molecule has 0 atom stereocenters. The van der Waals surface area contributed by atoms with E-state index >= 15 is 0 Å². The highest BCUT2D eigenvalue weighted by atomic mass is 27.2. The Labute approximate surface area is 108 Å². The number of morpholine rings is 1. The molecule has 0 aromatic heterocycles. The van der Waals surface area contributed by atoms with Gasteiger partial charge in [-0.2, -0.15) is 0 Å². The molecule has 0 bridgehead atoms. The maximum Gasteiger partial charge on any atom is 0.463 e. The number of hydrogen-bond acceptors (Lipinski definition) is 6. The number of methoxy groups -OCH3 is 2. The fourth-order valence-electron chi connectivity index (χ4n) is 1.51. The molecule has 0 aromatic rings. The van der Waals surface area contributed by atoms with Crippen LogP contribution in [0.5, 0.6) is 0 Å². The van der Waals surface area contributed by atoms with Crippen LogP contribution in [-0.4, -0.2) is 85.9 Å². The van der Waals surface area contributed by atoms with E-state index in [0.717, 1.165) is 26.3 Å². The van der Waals surface area contributed by atoms with Crippen LogP contribution < -0.4 is 0 Å². The van der Waals surface area contributed by atoms with Crippen molar-refractivity contribution in [2.75, 3.05) is 67.0 Å². The van der Waals surface area contributed by atoms with Gasteiger partial charge in [0.25, 0.3) is 0 Å². The molecule has 101 valence electrons. The van der Waals surface area contributed by atoms with E-state index < -0.39 is 15.0 Å². The Bertz CT molecular complexity index is 170. The zero-order valence-electron chi connectivity index (χ0n) is 10.7. The molecule has 1 aliphatic rings. The van der Waals surface area contributed by atoms with E-state index in [4.69, 9.17) is 21.8 Å². The van der Waals surface area contributed by atoms with Crippen molar-refractivity contribution in [1.82, 2.24) is 3.88 Å². The highest BCUT2D eigenvalue weighted by Gasteiger charge is 2.18. The lowest BCUT2D eigenvalue weighted by molar-refractivity contribution is 0.0297. The lowest BCUT2D eigenvalue weighted by Gasteiger charge is -2.42. The molecule has 0 N–H and O–H groups in total. The van der Waals surface area contributed by atoms with Crippen molar-refractivity contribution in [1.29, 1.82) is 0 Å². The van der Waals surface area contributed by atoms with Crippen molar-refractivity contribution in [2.24, 2.45) is 0 Å². The van der Waals surface area contributed by atoms with Crippen LogP contribution in [0, 0.1) is 0 Å². The van der Waals surface area contributed by atoms with Gasteiger partial charge in [-0.15, -0.1) is 0 Å². The van der Waals surface area contributed by atoms with Crippen molar-refractivity contribution in [2.45, 2.75) is 0 Å². The maximum atomic E-state index is 5.78. The van der Waals surface area contributed by atoms with Crippen LogP contribution in [0.3, 0.4) is 0 Å². The van der Waals surface area contributed by atoms with Crippen molar-refractivity contribution >= 4 is 15.0 Å². The smallest absolute Gasteiger partial charge is 0.463 e. The molecule has 6 nitrogen and oxygen atoms in total. The van der Waals surface area contributed by atoms with Crippen LogP contribution in [-0.2, 0) is 21.8 Å². The third-order valence-electron chi connectivity index (χ3n) is 2.44. The maximum absolute atomic E-state index is 5.78. The summed E-state index contributed by atoms with van der Waals surface area (Å²) in [7, 11) is 3.33. The molecule has 1 radical (unpaired) electrons. The summed E-state index contributed by atoms with van der Waals surface area (Å²) in [6, 6.07) is 0. The first-order valence-electron chi connectivity index (χ1n) is 5.91. The molecule has 0 unspecified atom stereocenters. The van der Waals surface area contributed by atoms with E-state index in [-0.39, 0.29) is 0 Å². The van der Waals surface area contributed by atoms with Gasteiger partial charge in [-0.1, -0.05) is 0 Å². The monoisotopic (exact) mass is 263 g/mol. The Morgan fingerprint density at radius 1 is 0.941 bits per heavy atom. The Kier molecular flexibility index (Phi) is 9.24. The van der Waals surface area contributed by atoms with E-state index in [2.05, 4.69) is 3.88 Å². The summed E-state index contributed by atoms with van der Waals surface area (Å²) < 4.78 is 29.1. The van der Waals surface area contributed by atoms with Gasteiger partial charge >= 0.3 is 15.0 Å². The molecule has 0 saturated carbocycles. The van der Waals surface area contributed by atoms with Gasteiger partial charge in [-0.25, -0.2) is 0 Å². The van der Waals surface area contributed by atoms with Crippen LogP contribution in [0.1, 0.15) is 0 Å². The Balaban J connectivity index is 2.27. The molecule has 0 spiro atoms. The second kappa shape index (κ2) is 10.2. The van der Waals surface area contributed by atoms with Gasteiger partial charge in [0.05, 0.1) is 26.4 Å². The van der Waals surface area contributed by atoms with Gasteiger partial charge in [0.2, 0.25) is 0 Å². The second-order valence-corrected chi connectivity index (χ2v) is 5.69. The van der Waals surface area contributed by atoms with E-state index in [9.17, 15) is 0 Å². The van der Waals surface area contributed by atoms with Crippen molar-refractivity contribution < 1.29 is 21.8 Å². The summed E-state index contributed by atoms with van der Waals surface area (Å²) in [5.74, 6) is 0. The molecule has 1 fully saturated rings. The minimum atomic E-state index is -1.78. The summed E-state index contributed by atoms with van der Waals surface area (Å²) in [5, 5.41) is 0. The fourth-order valence-corrected chi connectivity index (χ4v) is 3.26. The minimum absolute atomic E-state index is 0.581. The van der Waals surface area contributed by atoms with E-state index in [1.54, 1.807) is 14.2 Å². The number of hydrogen-bond donors (Lipinski definition) is 0. The highest BCUT2D eigenvalue weighted by Crippen LogP contribution is 2.03. The fraction of sp³-hybridized carbons (Fsp3) is 1.00. The SMILES string of the molecule is COCC[O][Al-]([O]CCOC)[N]1CCOCC1. The summed E-state index contributed by atoms with van der Waals surface area (Å²) in [6.07, 6.45) is 0. The zero-order valence-corrected chi connectivity index (χ0v) is 11.9. The van der Waals surface area contributed by atoms with Crippen molar-refractivity contribution in [3.63, 3.8) is 0 Å². The summed E-state index contributed by atoms with van der Waals surface area (Å²) in [6.45, 7) is 5.64. The molecule has 1 saturated heterocycles. The first kappa shape index (κ1) is 15.4. The minimum Gasteiger partial charge on any atom is -0.642 e. The predicted molar refractivity (Wildman–Crippen MR) is 63.8 cm³/mol. The number of nitrogens with zero attached hydrogens (tertiary/aromatic N) is 1. The molecule has 0 amide bonds. The summed E-state index contributed by atoms with van der Waals surface area (Å²) in [5.41, 5.74) is 0. The van der Waals surface area contributed by atoms with E-state index in [0.29, 0.717) is 26.4 Å². The Hall–Kier alpha value is 0.292.